The van der Waals surface area contributed by atoms with Crippen LogP contribution in [0.1, 0.15) is 0 Å². The van der Waals surface area contributed by atoms with Crippen LogP contribution in [0.25, 0.3) is 0 Å². The third-order valence-electron chi connectivity index (χ3n) is 2.37. The highest BCUT2D eigenvalue weighted by Crippen LogP contribution is 2.30. The Labute approximate surface area is 85.9 Å². The highest BCUT2D eigenvalue weighted by molar-refractivity contribution is 5.53. The number of anilines is 1. The van der Waals surface area contributed by atoms with Gasteiger partial charge in [0.15, 0.2) is 11.6 Å². The summed E-state index contributed by atoms with van der Waals surface area (Å²) in [5, 5.41) is 9.16. The average molecular weight is 215 g/mol. The SMILES string of the molecule is Oc1ccc(F)c(N2CCOCC2)c1F. The molecule has 0 spiro atoms. The number of phenols is 1. The van der Waals surface area contributed by atoms with E-state index in [4.69, 9.17) is 9.84 Å². The van der Waals surface area contributed by atoms with Crippen LogP contribution in [0, 0.1) is 11.6 Å². The Morgan fingerprint density at radius 1 is 1.20 bits per heavy atom. The quantitative estimate of drug-likeness (QED) is 0.770. The van der Waals surface area contributed by atoms with Crippen LogP contribution in [0.15, 0.2) is 12.1 Å². The van der Waals surface area contributed by atoms with Crippen molar-refractivity contribution in [2.45, 2.75) is 0 Å². The summed E-state index contributed by atoms with van der Waals surface area (Å²) in [5.41, 5.74) is -0.168. The van der Waals surface area contributed by atoms with E-state index in [-0.39, 0.29) is 5.69 Å². The molecule has 0 bridgehead atoms. The molecule has 1 aliphatic rings. The minimum absolute atomic E-state index is 0.168. The van der Waals surface area contributed by atoms with Gasteiger partial charge in [-0.3, -0.25) is 0 Å². The first-order valence-corrected chi connectivity index (χ1v) is 4.70. The minimum Gasteiger partial charge on any atom is -0.505 e. The summed E-state index contributed by atoms with van der Waals surface area (Å²) in [6.45, 7) is 1.73. The maximum absolute atomic E-state index is 13.5. The van der Waals surface area contributed by atoms with Crippen molar-refractivity contribution in [1.82, 2.24) is 0 Å². The van der Waals surface area contributed by atoms with E-state index in [1.807, 2.05) is 0 Å². The molecule has 0 aliphatic carbocycles. The molecule has 82 valence electrons. The van der Waals surface area contributed by atoms with Crippen molar-refractivity contribution in [2.75, 3.05) is 31.2 Å². The van der Waals surface area contributed by atoms with Gasteiger partial charge in [0, 0.05) is 13.1 Å². The summed E-state index contributed by atoms with van der Waals surface area (Å²) >= 11 is 0. The van der Waals surface area contributed by atoms with Crippen molar-refractivity contribution < 1.29 is 18.6 Å². The van der Waals surface area contributed by atoms with Crippen LogP contribution in [-0.4, -0.2) is 31.4 Å². The molecule has 0 atom stereocenters. The lowest BCUT2D eigenvalue weighted by atomic mass is 10.2. The van der Waals surface area contributed by atoms with Gasteiger partial charge in [0.1, 0.15) is 11.5 Å². The van der Waals surface area contributed by atoms with Gasteiger partial charge in [0.2, 0.25) is 0 Å². The Hall–Kier alpha value is -1.36. The lowest BCUT2D eigenvalue weighted by Crippen LogP contribution is -2.37. The van der Waals surface area contributed by atoms with Crippen LogP contribution in [0.3, 0.4) is 0 Å². The third kappa shape index (κ3) is 1.87. The number of nitrogens with zero attached hydrogens (tertiary/aromatic N) is 1. The Morgan fingerprint density at radius 2 is 1.87 bits per heavy atom. The summed E-state index contributed by atoms with van der Waals surface area (Å²) in [6.07, 6.45) is 0. The number of phenolic OH excluding ortho intramolecular Hbond substituents is 1. The van der Waals surface area contributed by atoms with E-state index in [2.05, 4.69) is 0 Å². The normalized spacial score (nSPS) is 16.8. The van der Waals surface area contributed by atoms with Crippen molar-refractivity contribution in [2.24, 2.45) is 0 Å². The predicted octanol–water partition coefficient (Wildman–Crippen LogP) is 1.51. The monoisotopic (exact) mass is 215 g/mol. The molecule has 15 heavy (non-hydrogen) atoms. The van der Waals surface area contributed by atoms with Gasteiger partial charge in [-0.15, -0.1) is 0 Å². The van der Waals surface area contributed by atoms with E-state index in [9.17, 15) is 8.78 Å². The molecular formula is C10H11F2NO2. The van der Waals surface area contributed by atoms with Crippen molar-refractivity contribution in [3.05, 3.63) is 23.8 Å². The highest BCUT2D eigenvalue weighted by atomic mass is 19.1. The standard InChI is InChI=1S/C10H11F2NO2/c11-7-1-2-8(14)9(12)10(7)13-3-5-15-6-4-13/h1-2,14H,3-6H2. The second-order valence-corrected chi connectivity index (χ2v) is 3.33. The first-order chi connectivity index (χ1) is 7.20. The fourth-order valence-electron chi connectivity index (χ4n) is 1.61. The van der Waals surface area contributed by atoms with Gasteiger partial charge in [-0.2, -0.15) is 0 Å². The maximum Gasteiger partial charge on any atom is 0.191 e. The lowest BCUT2D eigenvalue weighted by Gasteiger charge is -2.29. The molecule has 3 nitrogen and oxygen atoms in total. The van der Waals surface area contributed by atoms with Gasteiger partial charge in [0.05, 0.1) is 13.2 Å². The largest absolute Gasteiger partial charge is 0.505 e. The zero-order chi connectivity index (χ0) is 10.8. The number of benzene rings is 1. The highest BCUT2D eigenvalue weighted by Gasteiger charge is 2.21. The molecule has 5 heteroatoms. The molecule has 1 aromatic carbocycles. The second-order valence-electron chi connectivity index (χ2n) is 3.33. The Bertz CT molecular complexity index is 365. The van der Waals surface area contributed by atoms with Gasteiger partial charge in [-0.05, 0) is 12.1 Å². The average Bonchev–Trinajstić information content (AvgIpc) is 2.26. The molecule has 1 heterocycles. The topological polar surface area (TPSA) is 32.7 Å². The van der Waals surface area contributed by atoms with E-state index >= 15 is 0 Å². The summed E-state index contributed by atoms with van der Waals surface area (Å²) in [5.74, 6) is -2.10. The molecule has 1 aromatic rings. The summed E-state index contributed by atoms with van der Waals surface area (Å²) in [7, 11) is 0. The van der Waals surface area contributed by atoms with Crippen molar-refractivity contribution in [3.8, 4) is 5.75 Å². The van der Waals surface area contributed by atoms with Crippen LogP contribution in [0.2, 0.25) is 0 Å². The third-order valence-corrected chi connectivity index (χ3v) is 2.37. The van der Waals surface area contributed by atoms with Gasteiger partial charge < -0.3 is 14.7 Å². The van der Waals surface area contributed by atoms with E-state index < -0.39 is 17.4 Å². The number of morpholine rings is 1. The first-order valence-electron chi connectivity index (χ1n) is 4.70. The second kappa shape index (κ2) is 4.02. The van der Waals surface area contributed by atoms with Crippen LogP contribution in [0.4, 0.5) is 14.5 Å². The van der Waals surface area contributed by atoms with E-state index in [1.165, 1.54) is 4.90 Å². The minimum atomic E-state index is -0.906. The van der Waals surface area contributed by atoms with Crippen LogP contribution in [0.5, 0.6) is 5.75 Å². The smallest absolute Gasteiger partial charge is 0.191 e. The molecule has 1 aliphatic heterocycles. The predicted molar refractivity (Wildman–Crippen MR) is 51.1 cm³/mol. The van der Waals surface area contributed by atoms with E-state index in [0.717, 1.165) is 12.1 Å². The molecular weight excluding hydrogens is 204 g/mol. The van der Waals surface area contributed by atoms with Crippen LogP contribution < -0.4 is 4.90 Å². The van der Waals surface area contributed by atoms with Crippen molar-refractivity contribution >= 4 is 5.69 Å². The Morgan fingerprint density at radius 3 is 2.53 bits per heavy atom. The molecule has 1 saturated heterocycles. The summed E-state index contributed by atoms with van der Waals surface area (Å²) in [4.78, 5) is 1.54. The zero-order valence-electron chi connectivity index (χ0n) is 8.04. The van der Waals surface area contributed by atoms with E-state index in [0.29, 0.717) is 26.3 Å². The molecule has 0 unspecified atom stereocenters. The van der Waals surface area contributed by atoms with Crippen LogP contribution in [-0.2, 0) is 4.74 Å². The van der Waals surface area contributed by atoms with Crippen molar-refractivity contribution in [3.63, 3.8) is 0 Å². The molecule has 1 N–H and O–H groups in total. The summed E-state index contributed by atoms with van der Waals surface area (Å²) in [6, 6.07) is 2.07. The lowest BCUT2D eigenvalue weighted by molar-refractivity contribution is 0.122. The molecule has 0 amide bonds. The van der Waals surface area contributed by atoms with E-state index in [1.54, 1.807) is 0 Å². The molecule has 0 radical (unpaired) electrons. The Kier molecular flexibility index (Phi) is 2.73. The number of hydrogen-bond donors (Lipinski definition) is 1. The molecule has 1 fully saturated rings. The van der Waals surface area contributed by atoms with Gasteiger partial charge in [0.25, 0.3) is 0 Å². The number of aromatic hydroxyl groups is 1. The summed E-state index contributed by atoms with van der Waals surface area (Å²) < 4.78 is 31.9. The Balaban J connectivity index is 2.36. The number of halogens is 2. The first kappa shape index (κ1) is 10.2. The fraction of sp³-hybridized carbons (Fsp3) is 0.400. The van der Waals surface area contributed by atoms with Gasteiger partial charge in [-0.25, -0.2) is 8.78 Å². The number of rotatable bonds is 1. The molecule has 0 saturated carbocycles. The van der Waals surface area contributed by atoms with Crippen LogP contribution >= 0.6 is 0 Å². The maximum atomic E-state index is 13.5. The number of hydrogen-bond acceptors (Lipinski definition) is 3. The molecule has 2 rings (SSSR count). The number of ether oxygens (including phenoxy) is 1. The molecule has 0 aromatic heterocycles. The zero-order valence-corrected chi connectivity index (χ0v) is 8.04. The fourth-order valence-corrected chi connectivity index (χ4v) is 1.61. The van der Waals surface area contributed by atoms with Gasteiger partial charge >= 0.3 is 0 Å². The van der Waals surface area contributed by atoms with Crippen molar-refractivity contribution in [1.29, 1.82) is 0 Å². The van der Waals surface area contributed by atoms with Gasteiger partial charge in [-0.1, -0.05) is 0 Å².